The Morgan fingerprint density at radius 2 is 2.19 bits per heavy atom. The molecule has 7 nitrogen and oxygen atoms in total. The maximum atomic E-state index is 8.99. The molecule has 2 aromatic heterocycles. The van der Waals surface area contributed by atoms with Gasteiger partial charge in [-0.05, 0) is 13.0 Å². The SMILES string of the molecule is C/C(=N/N=c1/nc(N)c(C#N)c(C#N)s1)c1cccnc1. The highest BCUT2D eigenvalue weighted by Crippen LogP contribution is 2.13. The van der Waals surface area contributed by atoms with Gasteiger partial charge in [0.15, 0.2) is 0 Å². The Morgan fingerprint density at radius 3 is 2.81 bits per heavy atom. The van der Waals surface area contributed by atoms with Crippen molar-refractivity contribution >= 4 is 22.9 Å². The quantitative estimate of drug-likeness (QED) is 0.658. The number of nitrogen functional groups attached to an aromatic ring is 1. The van der Waals surface area contributed by atoms with Crippen molar-refractivity contribution in [2.45, 2.75) is 6.92 Å². The summed E-state index contributed by atoms with van der Waals surface area (Å²) in [5.74, 6) is -0.0271. The Morgan fingerprint density at radius 1 is 1.38 bits per heavy atom. The Kier molecular flexibility index (Phi) is 4.34. The second kappa shape index (κ2) is 6.37. The summed E-state index contributed by atoms with van der Waals surface area (Å²) in [4.78, 5) is 8.32. The lowest BCUT2D eigenvalue weighted by Gasteiger charge is -1.97. The van der Waals surface area contributed by atoms with E-state index in [1.807, 2.05) is 18.2 Å². The number of anilines is 1. The van der Waals surface area contributed by atoms with E-state index in [1.165, 1.54) is 0 Å². The molecule has 0 unspecified atom stereocenters. The van der Waals surface area contributed by atoms with Crippen LogP contribution in [0.25, 0.3) is 0 Å². The minimum absolute atomic E-state index is 0.0271. The van der Waals surface area contributed by atoms with Crippen molar-refractivity contribution in [2.24, 2.45) is 10.2 Å². The highest BCUT2D eigenvalue weighted by Gasteiger charge is 2.08. The molecule has 0 amide bonds. The summed E-state index contributed by atoms with van der Waals surface area (Å²) < 4.78 is 0. The molecule has 0 bridgehead atoms. The first kappa shape index (κ1) is 14.3. The van der Waals surface area contributed by atoms with Crippen LogP contribution in [-0.2, 0) is 0 Å². The summed E-state index contributed by atoms with van der Waals surface area (Å²) >= 11 is 0.961. The number of hydrogen-bond donors (Lipinski definition) is 1. The van der Waals surface area contributed by atoms with E-state index in [0.29, 0.717) is 5.71 Å². The third-order valence-electron chi connectivity index (χ3n) is 2.47. The van der Waals surface area contributed by atoms with E-state index in [1.54, 1.807) is 25.4 Å². The number of nitrogens with two attached hydrogens (primary N) is 1. The molecule has 2 rings (SSSR count). The molecule has 21 heavy (non-hydrogen) atoms. The fourth-order valence-electron chi connectivity index (χ4n) is 1.42. The Balaban J connectivity index is 2.46. The predicted molar refractivity (Wildman–Crippen MR) is 78.0 cm³/mol. The average Bonchev–Trinajstić information content (AvgIpc) is 2.52. The zero-order valence-electron chi connectivity index (χ0n) is 11.0. The van der Waals surface area contributed by atoms with Crippen molar-refractivity contribution in [3.05, 3.63) is 45.3 Å². The molecule has 102 valence electrons. The molecule has 0 spiro atoms. The second-order valence-electron chi connectivity index (χ2n) is 3.84. The van der Waals surface area contributed by atoms with E-state index in [4.69, 9.17) is 16.3 Å². The molecular weight excluding hydrogens is 286 g/mol. The number of nitriles is 2. The summed E-state index contributed by atoms with van der Waals surface area (Å²) in [5.41, 5.74) is 7.17. The fraction of sp³-hybridized carbons (Fsp3) is 0.0769. The monoisotopic (exact) mass is 295 g/mol. The van der Waals surface area contributed by atoms with Gasteiger partial charge in [0.25, 0.3) is 0 Å². The number of hydrogen-bond acceptors (Lipinski definition) is 8. The smallest absolute Gasteiger partial charge is 0.233 e. The largest absolute Gasteiger partial charge is 0.382 e. The molecule has 2 heterocycles. The summed E-state index contributed by atoms with van der Waals surface area (Å²) in [6.07, 6.45) is 3.33. The highest BCUT2D eigenvalue weighted by atomic mass is 32.1. The normalized spacial score (nSPS) is 11.8. The van der Waals surface area contributed by atoms with E-state index in [-0.39, 0.29) is 21.1 Å². The van der Waals surface area contributed by atoms with Crippen LogP contribution in [0.15, 0.2) is 34.7 Å². The first-order chi connectivity index (χ1) is 10.2. The number of aromatic nitrogens is 2. The van der Waals surface area contributed by atoms with E-state index in [9.17, 15) is 0 Å². The van der Waals surface area contributed by atoms with Crippen LogP contribution in [0.4, 0.5) is 5.82 Å². The molecule has 2 aromatic rings. The van der Waals surface area contributed by atoms with Crippen molar-refractivity contribution < 1.29 is 0 Å². The lowest BCUT2D eigenvalue weighted by atomic mass is 10.2. The van der Waals surface area contributed by atoms with E-state index in [0.717, 1.165) is 16.9 Å². The number of nitrogens with zero attached hydrogens (tertiary/aromatic N) is 6. The molecule has 0 fully saturated rings. The van der Waals surface area contributed by atoms with Gasteiger partial charge in [-0.15, -0.1) is 5.10 Å². The molecule has 0 saturated carbocycles. The maximum Gasteiger partial charge on any atom is 0.233 e. The van der Waals surface area contributed by atoms with Crippen LogP contribution in [0.3, 0.4) is 0 Å². The van der Waals surface area contributed by atoms with Gasteiger partial charge in [0.05, 0.1) is 5.71 Å². The Bertz CT molecular complexity index is 838. The Labute approximate surface area is 124 Å². The van der Waals surface area contributed by atoms with Crippen LogP contribution in [0.2, 0.25) is 0 Å². The standard InChI is InChI=1S/C13H9N7S/c1-8(9-3-2-4-17-7-9)19-20-13-18-12(16)10(5-14)11(6-15)21-13/h2-4,7H,1H3,(H2,16,18,20)/b19-8-. The van der Waals surface area contributed by atoms with Gasteiger partial charge in [0.1, 0.15) is 28.4 Å². The minimum atomic E-state index is -0.0271. The van der Waals surface area contributed by atoms with E-state index in [2.05, 4.69) is 20.2 Å². The van der Waals surface area contributed by atoms with Gasteiger partial charge in [0.2, 0.25) is 4.80 Å². The van der Waals surface area contributed by atoms with Crippen LogP contribution in [0.5, 0.6) is 0 Å². The van der Waals surface area contributed by atoms with Gasteiger partial charge in [-0.1, -0.05) is 17.4 Å². The summed E-state index contributed by atoms with van der Waals surface area (Å²) in [6.45, 7) is 1.78. The second-order valence-corrected chi connectivity index (χ2v) is 4.81. The van der Waals surface area contributed by atoms with E-state index < -0.39 is 0 Å². The highest BCUT2D eigenvalue weighted by molar-refractivity contribution is 7.09. The molecule has 0 radical (unpaired) electrons. The maximum absolute atomic E-state index is 8.99. The lowest BCUT2D eigenvalue weighted by Crippen LogP contribution is -2.10. The van der Waals surface area contributed by atoms with Crippen LogP contribution in [0, 0.1) is 22.7 Å². The summed E-state index contributed by atoms with van der Waals surface area (Å²) in [5, 5.41) is 25.9. The minimum Gasteiger partial charge on any atom is -0.382 e. The molecule has 0 aliphatic rings. The first-order valence-corrected chi connectivity index (χ1v) is 6.57. The molecule has 0 aromatic carbocycles. The summed E-state index contributed by atoms with van der Waals surface area (Å²) in [7, 11) is 0. The van der Waals surface area contributed by atoms with Gasteiger partial charge in [-0.25, -0.2) is 0 Å². The van der Waals surface area contributed by atoms with Crippen LogP contribution < -0.4 is 10.5 Å². The zero-order valence-corrected chi connectivity index (χ0v) is 11.8. The number of pyridine rings is 1. The van der Waals surface area contributed by atoms with Crippen LogP contribution in [0.1, 0.15) is 22.9 Å². The molecule has 0 aliphatic heterocycles. The fourth-order valence-corrected chi connectivity index (χ4v) is 2.13. The topological polar surface area (TPSA) is 124 Å². The van der Waals surface area contributed by atoms with Gasteiger partial charge in [-0.2, -0.15) is 20.6 Å². The molecule has 8 heteroatoms. The zero-order chi connectivity index (χ0) is 15.2. The van der Waals surface area contributed by atoms with Crippen molar-refractivity contribution in [2.75, 3.05) is 5.73 Å². The van der Waals surface area contributed by atoms with Gasteiger partial charge >= 0.3 is 0 Å². The molecule has 0 aliphatic carbocycles. The predicted octanol–water partition coefficient (Wildman–Crippen LogP) is 1.19. The number of rotatable bonds is 2. The Hall–Kier alpha value is -3.10. The molecule has 2 N–H and O–H groups in total. The van der Waals surface area contributed by atoms with Gasteiger partial charge in [-0.3, -0.25) is 4.98 Å². The molecule has 0 atom stereocenters. The first-order valence-electron chi connectivity index (χ1n) is 5.75. The van der Waals surface area contributed by atoms with E-state index >= 15 is 0 Å². The third kappa shape index (κ3) is 3.26. The molecular formula is C13H9N7S. The summed E-state index contributed by atoms with van der Waals surface area (Å²) in [6, 6.07) is 7.40. The molecule has 0 saturated heterocycles. The van der Waals surface area contributed by atoms with Crippen molar-refractivity contribution in [3.63, 3.8) is 0 Å². The van der Waals surface area contributed by atoms with Gasteiger partial charge < -0.3 is 5.73 Å². The third-order valence-corrected chi connectivity index (χ3v) is 3.33. The van der Waals surface area contributed by atoms with Crippen LogP contribution in [-0.4, -0.2) is 15.7 Å². The van der Waals surface area contributed by atoms with Crippen molar-refractivity contribution in [1.29, 1.82) is 10.5 Å². The van der Waals surface area contributed by atoms with Crippen LogP contribution >= 0.6 is 11.3 Å². The lowest BCUT2D eigenvalue weighted by molar-refractivity contribution is 1.08. The van der Waals surface area contributed by atoms with Crippen molar-refractivity contribution in [3.8, 4) is 12.1 Å². The van der Waals surface area contributed by atoms with Gasteiger partial charge in [0, 0.05) is 18.0 Å². The average molecular weight is 295 g/mol. The van der Waals surface area contributed by atoms with Crippen molar-refractivity contribution in [1.82, 2.24) is 9.97 Å².